The molecule has 0 atom stereocenters. The Balaban J connectivity index is 2.03. The lowest BCUT2D eigenvalue weighted by molar-refractivity contribution is 0.171. The average Bonchev–Trinajstić information content (AvgIpc) is 2.47. The monoisotopic (exact) mass is 280 g/mol. The molecule has 1 aliphatic rings. The molecule has 1 aromatic rings. The molecule has 20 heavy (non-hydrogen) atoms. The topological polar surface area (TPSA) is 71.0 Å². The summed E-state index contributed by atoms with van der Waals surface area (Å²) in [7, 11) is 0. The second kappa shape index (κ2) is 7.00. The number of hydrogen-bond acceptors (Lipinski definition) is 4. The smallest absolute Gasteiger partial charge is 0.321 e. The molecule has 2 rings (SSSR count). The minimum atomic E-state index is -0.224. The van der Waals surface area contributed by atoms with Crippen LogP contribution in [0.1, 0.15) is 13.3 Å². The number of rotatable bonds is 5. The lowest BCUT2D eigenvalue weighted by atomic mass is 10.2. The summed E-state index contributed by atoms with van der Waals surface area (Å²) in [6.45, 7) is 3.92. The zero-order valence-electron chi connectivity index (χ0n) is 11.6. The van der Waals surface area contributed by atoms with E-state index < -0.39 is 0 Å². The number of nitrogens with zero attached hydrogens (tertiary/aromatic N) is 1. The van der Waals surface area contributed by atoms with Gasteiger partial charge < -0.3 is 24.8 Å². The molecule has 0 spiro atoms. The quantitative estimate of drug-likeness (QED) is 0.861. The van der Waals surface area contributed by atoms with Gasteiger partial charge in [-0.2, -0.15) is 0 Å². The van der Waals surface area contributed by atoms with E-state index in [9.17, 15) is 4.79 Å². The predicted molar refractivity (Wildman–Crippen MR) is 75.4 cm³/mol. The third-order valence-corrected chi connectivity index (χ3v) is 2.94. The van der Waals surface area contributed by atoms with E-state index in [0.717, 1.165) is 6.42 Å². The summed E-state index contributed by atoms with van der Waals surface area (Å²) in [6.07, 6.45) is 0.842. The van der Waals surface area contributed by atoms with Crippen LogP contribution >= 0.6 is 0 Å². The Morgan fingerprint density at radius 3 is 2.75 bits per heavy atom. The zero-order chi connectivity index (χ0) is 14.4. The highest BCUT2D eigenvalue weighted by Crippen LogP contribution is 2.32. The van der Waals surface area contributed by atoms with Crippen LogP contribution in [0.2, 0.25) is 0 Å². The van der Waals surface area contributed by atoms with Crippen LogP contribution in [0.15, 0.2) is 18.2 Å². The van der Waals surface area contributed by atoms with Crippen LogP contribution in [-0.2, 0) is 0 Å². The Kier molecular flexibility index (Phi) is 5.06. The van der Waals surface area contributed by atoms with Gasteiger partial charge in [-0.3, -0.25) is 0 Å². The van der Waals surface area contributed by atoms with E-state index in [4.69, 9.17) is 14.6 Å². The molecular weight excluding hydrogens is 260 g/mol. The molecule has 0 saturated carbocycles. The number of carbonyl (C=O) groups is 1. The third-order valence-electron chi connectivity index (χ3n) is 2.94. The van der Waals surface area contributed by atoms with Crippen molar-refractivity contribution in [1.29, 1.82) is 0 Å². The number of hydrogen-bond donors (Lipinski definition) is 2. The van der Waals surface area contributed by atoms with Crippen LogP contribution in [0.3, 0.4) is 0 Å². The van der Waals surface area contributed by atoms with Crippen molar-refractivity contribution in [3.8, 4) is 11.5 Å². The van der Waals surface area contributed by atoms with Crippen molar-refractivity contribution < 1.29 is 19.4 Å². The average molecular weight is 280 g/mol. The molecule has 6 heteroatoms. The lowest BCUT2D eigenvalue weighted by Gasteiger charge is -2.22. The number of anilines is 1. The van der Waals surface area contributed by atoms with E-state index >= 15 is 0 Å². The largest absolute Gasteiger partial charge is 0.486 e. The Hall–Kier alpha value is -1.95. The van der Waals surface area contributed by atoms with Crippen molar-refractivity contribution in [3.63, 3.8) is 0 Å². The molecule has 1 aromatic carbocycles. The molecule has 2 N–H and O–H groups in total. The Morgan fingerprint density at radius 1 is 1.30 bits per heavy atom. The van der Waals surface area contributed by atoms with Gasteiger partial charge >= 0.3 is 6.03 Å². The lowest BCUT2D eigenvalue weighted by Crippen LogP contribution is -2.37. The van der Waals surface area contributed by atoms with Crippen molar-refractivity contribution in [3.05, 3.63) is 18.2 Å². The second-order valence-electron chi connectivity index (χ2n) is 4.50. The fraction of sp³-hybridized carbons (Fsp3) is 0.500. The van der Waals surface area contributed by atoms with Crippen molar-refractivity contribution in [2.75, 3.05) is 38.2 Å². The highest BCUT2D eigenvalue weighted by molar-refractivity contribution is 5.89. The molecule has 0 bridgehead atoms. The normalized spacial score (nSPS) is 12.9. The number of fused-ring (bicyclic) bond motifs is 1. The molecular formula is C14H20N2O4. The maximum Gasteiger partial charge on any atom is 0.321 e. The highest BCUT2D eigenvalue weighted by Gasteiger charge is 2.15. The van der Waals surface area contributed by atoms with Gasteiger partial charge in [-0.25, -0.2) is 4.79 Å². The van der Waals surface area contributed by atoms with Gasteiger partial charge in [0, 0.05) is 24.8 Å². The number of benzene rings is 1. The standard InChI is InChI=1S/C14H20N2O4/c1-2-5-16(6-7-17)14(18)15-11-3-4-12-13(10-11)20-9-8-19-12/h3-4,10,17H,2,5-9H2,1H3,(H,15,18). The molecule has 6 nitrogen and oxygen atoms in total. The first kappa shape index (κ1) is 14.5. The fourth-order valence-corrected chi connectivity index (χ4v) is 2.03. The summed E-state index contributed by atoms with van der Waals surface area (Å²) < 4.78 is 10.9. The first-order valence-electron chi connectivity index (χ1n) is 6.81. The van der Waals surface area contributed by atoms with Gasteiger partial charge in [0.25, 0.3) is 0 Å². The van der Waals surface area contributed by atoms with Gasteiger partial charge in [-0.15, -0.1) is 0 Å². The number of aliphatic hydroxyl groups excluding tert-OH is 1. The first-order valence-corrected chi connectivity index (χ1v) is 6.81. The summed E-state index contributed by atoms with van der Waals surface area (Å²) in [4.78, 5) is 13.7. The number of carbonyl (C=O) groups excluding carboxylic acids is 1. The van der Waals surface area contributed by atoms with Crippen LogP contribution in [0.4, 0.5) is 10.5 Å². The molecule has 0 unspecified atom stereocenters. The van der Waals surface area contributed by atoms with E-state index in [0.29, 0.717) is 43.5 Å². The van der Waals surface area contributed by atoms with Gasteiger partial charge in [0.2, 0.25) is 0 Å². The van der Waals surface area contributed by atoms with Crippen LogP contribution < -0.4 is 14.8 Å². The van der Waals surface area contributed by atoms with Crippen molar-refractivity contribution >= 4 is 11.7 Å². The van der Waals surface area contributed by atoms with E-state index in [1.807, 2.05) is 6.92 Å². The maximum atomic E-state index is 12.1. The molecule has 1 aliphatic heterocycles. The first-order chi connectivity index (χ1) is 9.74. The molecule has 0 aliphatic carbocycles. The summed E-state index contributed by atoms with van der Waals surface area (Å²) in [5.74, 6) is 1.33. The van der Waals surface area contributed by atoms with E-state index in [1.165, 1.54) is 0 Å². The molecule has 1 heterocycles. The number of urea groups is 1. The van der Waals surface area contributed by atoms with Gasteiger partial charge in [0.15, 0.2) is 11.5 Å². The van der Waals surface area contributed by atoms with E-state index in [2.05, 4.69) is 5.32 Å². The SMILES string of the molecule is CCCN(CCO)C(=O)Nc1ccc2c(c1)OCCO2. The second-order valence-corrected chi connectivity index (χ2v) is 4.50. The summed E-state index contributed by atoms with van der Waals surface area (Å²) >= 11 is 0. The van der Waals surface area contributed by atoms with Crippen molar-refractivity contribution in [2.24, 2.45) is 0 Å². The Bertz CT molecular complexity index is 458. The van der Waals surface area contributed by atoms with E-state index in [1.54, 1.807) is 23.1 Å². The maximum absolute atomic E-state index is 12.1. The number of aliphatic hydroxyl groups is 1. The summed E-state index contributed by atoms with van der Waals surface area (Å²) in [6, 6.07) is 5.07. The highest BCUT2D eigenvalue weighted by atomic mass is 16.6. The Morgan fingerprint density at radius 2 is 2.05 bits per heavy atom. The number of ether oxygens (including phenoxy) is 2. The van der Waals surface area contributed by atoms with Gasteiger partial charge in [0.1, 0.15) is 13.2 Å². The fourth-order valence-electron chi connectivity index (χ4n) is 2.03. The van der Waals surface area contributed by atoms with E-state index in [-0.39, 0.29) is 12.6 Å². The number of amides is 2. The minimum Gasteiger partial charge on any atom is -0.486 e. The Labute approximate surface area is 118 Å². The van der Waals surface area contributed by atoms with Crippen LogP contribution in [0, 0.1) is 0 Å². The van der Waals surface area contributed by atoms with Crippen molar-refractivity contribution in [2.45, 2.75) is 13.3 Å². The number of nitrogens with one attached hydrogen (secondary N) is 1. The molecule has 0 fully saturated rings. The predicted octanol–water partition coefficient (Wildman–Crippen LogP) is 1.69. The minimum absolute atomic E-state index is 0.0471. The molecule has 0 radical (unpaired) electrons. The van der Waals surface area contributed by atoms with Gasteiger partial charge in [-0.05, 0) is 18.6 Å². The molecule has 2 amide bonds. The summed E-state index contributed by atoms with van der Waals surface area (Å²) in [5.41, 5.74) is 0.651. The zero-order valence-corrected chi connectivity index (χ0v) is 11.6. The third kappa shape index (κ3) is 3.54. The van der Waals surface area contributed by atoms with Crippen LogP contribution in [0.25, 0.3) is 0 Å². The van der Waals surface area contributed by atoms with Crippen LogP contribution in [0.5, 0.6) is 11.5 Å². The molecule has 0 aromatic heterocycles. The van der Waals surface area contributed by atoms with Gasteiger partial charge in [-0.1, -0.05) is 6.92 Å². The van der Waals surface area contributed by atoms with Crippen LogP contribution in [-0.4, -0.2) is 48.9 Å². The molecule has 110 valence electrons. The van der Waals surface area contributed by atoms with Gasteiger partial charge in [0.05, 0.1) is 6.61 Å². The van der Waals surface area contributed by atoms with Crippen molar-refractivity contribution in [1.82, 2.24) is 4.90 Å². The molecule has 0 saturated heterocycles. The summed E-state index contributed by atoms with van der Waals surface area (Å²) in [5, 5.41) is 11.8.